The second kappa shape index (κ2) is 7.61. The van der Waals surface area contributed by atoms with Gasteiger partial charge in [0, 0.05) is 6.42 Å². The van der Waals surface area contributed by atoms with Crippen LogP contribution in [-0.4, -0.2) is 25.1 Å². The van der Waals surface area contributed by atoms with Crippen molar-refractivity contribution < 1.29 is 17.6 Å². The highest BCUT2D eigenvalue weighted by Gasteiger charge is 2.17. The van der Waals surface area contributed by atoms with Crippen LogP contribution in [0.2, 0.25) is 0 Å². The molecule has 0 spiro atoms. The zero-order chi connectivity index (χ0) is 19.6. The fourth-order valence-corrected chi connectivity index (χ4v) is 4.69. The van der Waals surface area contributed by atoms with E-state index >= 15 is 0 Å². The Morgan fingerprint density at radius 3 is 2.44 bits per heavy atom. The minimum atomic E-state index is -3.66. The lowest BCUT2D eigenvalue weighted by molar-refractivity contribution is -0.120. The van der Waals surface area contributed by atoms with Crippen LogP contribution in [0.4, 0.5) is 9.52 Å². The first-order valence-corrected chi connectivity index (χ1v) is 10.6. The van der Waals surface area contributed by atoms with E-state index < -0.39 is 21.6 Å². The van der Waals surface area contributed by atoms with Gasteiger partial charge in [-0.25, -0.2) is 17.8 Å². The van der Waals surface area contributed by atoms with E-state index in [1.165, 1.54) is 23.5 Å². The highest BCUT2D eigenvalue weighted by Crippen LogP contribution is 2.30. The summed E-state index contributed by atoms with van der Waals surface area (Å²) in [6, 6.07) is 8.52. The van der Waals surface area contributed by atoms with E-state index in [-0.39, 0.29) is 17.1 Å². The molecule has 0 radical (unpaired) electrons. The first-order chi connectivity index (χ1) is 12.8. The van der Waals surface area contributed by atoms with Crippen LogP contribution in [0.1, 0.15) is 17.5 Å². The van der Waals surface area contributed by atoms with Gasteiger partial charge in [0.1, 0.15) is 5.82 Å². The molecular weight excluding hydrogens is 389 g/mol. The minimum Gasteiger partial charge on any atom is -0.273 e. The number of sulfone groups is 1. The molecule has 142 valence electrons. The number of hydrogen-bond acceptors (Lipinski definition) is 6. The van der Waals surface area contributed by atoms with Gasteiger partial charge >= 0.3 is 0 Å². The molecule has 0 fully saturated rings. The molecule has 1 aromatic heterocycles. The SMILES string of the molecule is Cc1ccc(C)c2sc(NNC(=O)CCS(=O)(=O)c3ccc(F)cc3)nc12. The third kappa shape index (κ3) is 4.42. The minimum absolute atomic E-state index is 0.0122. The first-order valence-electron chi connectivity index (χ1n) is 8.16. The van der Waals surface area contributed by atoms with Gasteiger partial charge in [0.25, 0.3) is 0 Å². The number of benzene rings is 2. The first kappa shape index (κ1) is 19.2. The van der Waals surface area contributed by atoms with E-state index in [0.29, 0.717) is 5.13 Å². The summed E-state index contributed by atoms with van der Waals surface area (Å²) in [4.78, 5) is 16.4. The number of amides is 1. The van der Waals surface area contributed by atoms with Gasteiger partial charge in [0.15, 0.2) is 9.84 Å². The van der Waals surface area contributed by atoms with Crippen molar-refractivity contribution in [3.8, 4) is 0 Å². The van der Waals surface area contributed by atoms with Gasteiger partial charge in [-0.1, -0.05) is 23.5 Å². The predicted octanol–water partition coefficient (Wildman–Crippen LogP) is 3.36. The fourth-order valence-electron chi connectivity index (χ4n) is 2.49. The average Bonchev–Trinajstić information content (AvgIpc) is 3.07. The van der Waals surface area contributed by atoms with Crippen LogP contribution in [0, 0.1) is 19.7 Å². The van der Waals surface area contributed by atoms with Gasteiger partial charge in [-0.05, 0) is 49.2 Å². The lowest BCUT2D eigenvalue weighted by Crippen LogP contribution is -2.30. The van der Waals surface area contributed by atoms with Crippen LogP contribution in [-0.2, 0) is 14.6 Å². The van der Waals surface area contributed by atoms with Gasteiger partial charge in [-0.3, -0.25) is 15.6 Å². The molecule has 0 aliphatic rings. The molecule has 0 bridgehead atoms. The molecule has 0 aliphatic heterocycles. The van der Waals surface area contributed by atoms with E-state index in [1.807, 2.05) is 26.0 Å². The van der Waals surface area contributed by atoms with E-state index in [1.54, 1.807) is 0 Å². The van der Waals surface area contributed by atoms with Gasteiger partial charge in [0.2, 0.25) is 11.0 Å². The molecule has 0 saturated carbocycles. The van der Waals surface area contributed by atoms with E-state index in [0.717, 1.165) is 33.5 Å². The molecule has 0 unspecified atom stereocenters. The topological polar surface area (TPSA) is 88.2 Å². The zero-order valence-electron chi connectivity index (χ0n) is 14.7. The molecule has 6 nitrogen and oxygen atoms in total. The van der Waals surface area contributed by atoms with Gasteiger partial charge < -0.3 is 0 Å². The summed E-state index contributed by atoms with van der Waals surface area (Å²) < 4.78 is 38.3. The van der Waals surface area contributed by atoms with Gasteiger partial charge in [-0.15, -0.1) is 0 Å². The summed E-state index contributed by atoms with van der Waals surface area (Å²) in [5, 5.41) is 0.525. The number of nitrogens with one attached hydrogen (secondary N) is 2. The summed E-state index contributed by atoms with van der Waals surface area (Å²) in [6.07, 6.45) is -0.227. The maximum atomic E-state index is 12.9. The molecule has 1 amide bonds. The van der Waals surface area contributed by atoms with Crippen molar-refractivity contribution in [2.24, 2.45) is 0 Å². The molecular formula is C18H18FN3O3S2. The number of hydrazine groups is 1. The Hall–Kier alpha value is -2.52. The van der Waals surface area contributed by atoms with Crippen LogP contribution in [0.15, 0.2) is 41.3 Å². The molecule has 1 heterocycles. The highest BCUT2D eigenvalue weighted by molar-refractivity contribution is 7.91. The number of carbonyl (C=O) groups excluding carboxylic acids is 1. The number of fused-ring (bicyclic) bond motifs is 1. The second-order valence-electron chi connectivity index (χ2n) is 6.09. The summed E-state index contributed by atoms with van der Waals surface area (Å²) in [7, 11) is -3.66. The summed E-state index contributed by atoms with van der Waals surface area (Å²) in [5.41, 5.74) is 8.21. The Labute approximate surface area is 160 Å². The fraction of sp³-hybridized carbons (Fsp3) is 0.222. The number of rotatable bonds is 6. The number of thiazole rings is 1. The molecule has 0 atom stereocenters. The van der Waals surface area contributed by atoms with Crippen LogP contribution in [0.5, 0.6) is 0 Å². The number of halogens is 1. The largest absolute Gasteiger partial charge is 0.273 e. The number of hydrogen-bond donors (Lipinski definition) is 2. The van der Waals surface area contributed by atoms with Gasteiger partial charge in [-0.2, -0.15) is 0 Å². The number of anilines is 1. The van der Waals surface area contributed by atoms with Crippen LogP contribution in [0.3, 0.4) is 0 Å². The summed E-state index contributed by atoms with van der Waals surface area (Å²) >= 11 is 1.41. The monoisotopic (exact) mass is 407 g/mol. The van der Waals surface area contributed by atoms with Crippen molar-refractivity contribution in [2.45, 2.75) is 25.2 Å². The maximum Gasteiger partial charge on any atom is 0.239 e. The number of carbonyl (C=O) groups is 1. The van der Waals surface area contributed by atoms with Crippen LogP contribution < -0.4 is 10.9 Å². The molecule has 0 saturated heterocycles. The van der Waals surface area contributed by atoms with Crippen LogP contribution in [0.25, 0.3) is 10.2 Å². The van der Waals surface area contributed by atoms with Gasteiger partial charge in [0.05, 0.1) is 20.9 Å². The summed E-state index contributed by atoms with van der Waals surface area (Å²) in [5.74, 6) is -1.37. The molecule has 0 aliphatic carbocycles. The molecule has 27 heavy (non-hydrogen) atoms. The zero-order valence-corrected chi connectivity index (χ0v) is 16.4. The Bertz CT molecular complexity index is 1050. The van der Waals surface area contributed by atoms with E-state index in [2.05, 4.69) is 15.8 Å². The maximum absolute atomic E-state index is 12.9. The number of aryl methyl sites for hydroxylation is 2. The number of nitrogens with zero attached hydrogens (tertiary/aromatic N) is 1. The molecule has 3 aromatic rings. The molecule has 2 aromatic carbocycles. The molecule has 3 rings (SSSR count). The Balaban J connectivity index is 1.59. The smallest absolute Gasteiger partial charge is 0.239 e. The molecule has 9 heteroatoms. The van der Waals surface area contributed by atoms with Crippen molar-refractivity contribution in [1.29, 1.82) is 0 Å². The number of aromatic nitrogens is 1. The van der Waals surface area contributed by atoms with Crippen molar-refractivity contribution >= 4 is 42.4 Å². The van der Waals surface area contributed by atoms with Crippen molar-refractivity contribution in [2.75, 3.05) is 11.2 Å². The van der Waals surface area contributed by atoms with E-state index in [4.69, 9.17) is 0 Å². The van der Waals surface area contributed by atoms with Crippen molar-refractivity contribution in [1.82, 2.24) is 10.4 Å². The Morgan fingerprint density at radius 2 is 1.78 bits per heavy atom. The van der Waals surface area contributed by atoms with Crippen molar-refractivity contribution in [3.63, 3.8) is 0 Å². The Morgan fingerprint density at radius 1 is 1.11 bits per heavy atom. The molecule has 2 N–H and O–H groups in total. The predicted molar refractivity (Wildman–Crippen MR) is 104 cm³/mol. The summed E-state index contributed by atoms with van der Waals surface area (Å²) in [6.45, 7) is 3.95. The Kier molecular flexibility index (Phi) is 5.43. The quantitative estimate of drug-likeness (QED) is 0.483. The van der Waals surface area contributed by atoms with E-state index in [9.17, 15) is 17.6 Å². The lowest BCUT2D eigenvalue weighted by atomic mass is 10.1. The average molecular weight is 407 g/mol. The normalized spacial score (nSPS) is 11.5. The second-order valence-corrected chi connectivity index (χ2v) is 9.20. The standard InChI is InChI=1S/C18H18FN3O3S2/c1-11-3-4-12(2)17-16(11)20-18(26-17)22-21-15(23)9-10-27(24,25)14-7-5-13(19)6-8-14/h3-8H,9-10H2,1-2H3,(H,20,22)(H,21,23). The third-order valence-electron chi connectivity index (χ3n) is 4.02. The lowest BCUT2D eigenvalue weighted by Gasteiger charge is -2.06. The van der Waals surface area contributed by atoms with Crippen molar-refractivity contribution in [3.05, 3.63) is 53.3 Å². The third-order valence-corrected chi connectivity index (χ3v) is 6.86. The van der Waals surface area contributed by atoms with Crippen LogP contribution >= 0.6 is 11.3 Å². The highest BCUT2D eigenvalue weighted by atomic mass is 32.2.